The first-order valence-corrected chi connectivity index (χ1v) is 6.64. The number of hydrogen-bond donors (Lipinski definition) is 1. The van der Waals surface area contributed by atoms with E-state index in [0.29, 0.717) is 5.41 Å². The molecule has 2 heterocycles. The fourth-order valence-electron chi connectivity index (χ4n) is 2.58. The van der Waals surface area contributed by atoms with E-state index in [9.17, 15) is 0 Å². The molecule has 1 aromatic heterocycles. The minimum absolute atomic E-state index is 0.358. The molecule has 17 heavy (non-hydrogen) atoms. The summed E-state index contributed by atoms with van der Waals surface area (Å²) in [6.45, 7) is 6.19. The Morgan fingerprint density at radius 1 is 1.35 bits per heavy atom. The van der Waals surface area contributed by atoms with Gasteiger partial charge in [-0.3, -0.25) is 0 Å². The lowest BCUT2D eigenvalue weighted by molar-refractivity contribution is 0.0149. The van der Waals surface area contributed by atoms with Gasteiger partial charge in [-0.2, -0.15) is 0 Å². The van der Waals surface area contributed by atoms with Crippen molar-refractivity contribution >= 4 is 0 Å². The molecule has 2 rings (SSSR count). The Kier molecular flexibility index (Phi) is 4.63. The third kappa shape index (κ3) is 3.58. The van der Waals surface area contributed by atoms with Gasteiger partial charge in [-0.1, -0.05) is 6.92 Å². The average molecular weight is 237 g/mol. The summed E-state index contributed by atoms with van der Waals surface area (Å²) < 4.78 is 10.7. The first-order valence-electron chi connectivity index (χ1n) is 6.64. The lowest BCUT2D eigenvalue weighted by Gasteiger charge is -2.37. The predicted molar refractivity (Wildman–Crippen MR) is 68.1 cm³/mol. The van der Waals surface area contributed by atoms with Gasteiger partial charge in [0.15, 0.2) is 0 Å². The molecule has 0 aromatic carbocycles. The van der Waals surface area contributed by atoms with E-state index < -0.39 is 0 Å². The van der Waals surface area contributed by atoms with Crippen LogP contribution in [0.3, 0.4) is 0 Å². The van der Waals surface area contributed by atoms with Crippen molar-refractivity contribution in [2.45, 2.75) is 32.6 Å². The zero-order valence-corrected chi connectivity index (χ0v) is 10.7. The monoisotopic (exact) mass is 237 g/mol. The molecule has 0 bridgehead atoms. The third-order valence-corrected chi connectivity index (χ3v) is 3.64. The molecule has 1 aliphatic rings. The normalized spacial score (nSPS) is 19.4. The summed E-state index contributed by atoms with van der Waals surface area (Å²) in [4.78, 5) is 0. The van der Waals surface area contributed by atoms with Crippen LogP contribution in [0.25, 0.3) is 0 Å². The number of rotatable bonds is 6. The summed E-state index contributed by atoms with van der Waals surface area (Å²) in [5, 5.41) is 3.57. The Hall–Kier alpha value is -0.800. The Balaban J connectivity index is 1.95. The molecule has 1 aliphatic heterocycles. The standard InChI is InChI=1S/C14H23NO2/c1-2-6-15-12-14(4-8-16-9-5-14)10-13-3-7-17-11-13/h3,7,11,15H,2,4-6,8-10,12H2,1H3. The fourth-order valence-corrected chi connectivity index (χ4v) is 2.58. The summed E-state index contributed by atoms with van der Waals surface area (Å²) >= 11 is 0. The zero-order chi connectivity index (χ0) is 12.0. The maximum Gasteiger partial charge on any atom is 0.0934 e. The molecule has 0 amide bonds. The van der Waals surface area contributed by atoms with Crippen LogP contribution in [-0.2, 0) is 11.2 Å². The number of ether oxygens (including phenoxy) is 1. The van der Waals surface area contributed by atoms with Crippen LogP contribution in [0.5, 0.6) is 0 Å². The van der Waals surface area contributed by atoms with Crippen LogP contribution >= 0.6 is 0 Å². The molecule has 3 heteroatoms. The Morgan fingerprint density at radius 2 is 2.18 bits per heavy atom. The van der Waals surface area contributed by atoms with E-state index in [1.54, 1.807) is 6.26 Å². The molecule has 1 aromatic rings. The molecule has 0 spiro atoms. The van der Waals surface area contributed by atoms with Gasteiger partial charge in [0, 0.05) is 19.8 Å². The molecule has 1 saturated heterocycles. The highest BCUT2D eigenvalue weighted by atomic mass is 16.5. The van der Waals surface area contributed by atoms with Crippen LogP contribution in [0.4, 0.5) is 0 Å². The second kappa shape index (κ2) is 6.22. The van der Waals surface area contributed by atoms with Crippen LogP contribution in [0.2, 0.25) is 0 Å². The average Bonchev–Trinajstić information content (AvgIpc) is 2.83. The van der Waals surface area contributed by atoms with Gasteiger partial charge < -0.3 is 14.5 Å². The number of hydrogen-bond acceptors (Lipinski definition) is 3. The van der Waals surface area contributed by atoms with Gasteiger partial charge in [-0.15, -0.1) is 0 Å². The van der Waals surface area contributed by atoms with Gasteiger partial charge in [0.2, 0.25) is 0 Å². The van der Waals surface area contributed by atoms with Gasteiger partial charge in [0.25, 0.3) is 0 Å². The van der Waals surface area contributed by atoms with Crippen molar-refractivity contribution in [3.63, 3.8) is 0 Å². The molecule has 1 fully saturated rings. The zero-order valence-electron chi connectivity index (χ0n) is 10.7. The lowest BCUT2D eigenvalue weighted by Crippen LogP contribution is -2.41. The van der Waals surface area contributed by atoms with Crippen molar-refractivity contribution < 1.29 is 9.15 Å². The Labute approximate surface area is 104 Å². The van der Waals surface area contributed by atoms with Gasteiger partial charge in [0.05, 0.1) is 12.5 Å². The molecule has 0 saturated carbocycles. The van der Waals surface area contributed by atoms with Crippen molar-refractivity contribution in [2.75, 3.05) is 26.3 Å². The summed E-state index contributed by atoms with van der Waals surface area (Å²) in [6, 6.07) is 2.08. The number of nitrogens with one attached hydrogen (secondary N) is 1. The minimum Gasteiger partial charge on any atom is -0.472 e. The SMILES string of the molecule is CCCNCC1(Cc2ccoc2)CCOCC1. The highest BCUT2D eigenvalue weighted by Crippen LogP contribution is 2.33. The van der Waals surface area contributed by atoms with Gasteiger partial charge >= 0.3 is 0 Å². The Morgan fingerprint density at radius 3 is 2.82 bits per heavy atom. The second-order valence-electron chi connectivity index (χ2n) is 5.10. The molecule has 0 radical (unpaired) electrons. The summed E-state index contributed by atoms with van der Waals surface area (Å²) in [5.74, 6) is 0. The highest BCUT2D eigenvalue weighted by molar-refractivity contribution is 5.09. The van der Waals surface area contributed by atoms with Gasteiger partial charge in [0.1, 0.15) is 0 Å². The second-order valence-corrected chi connectivity index (χ2v) is 5.10. The maximum absolute atomic E-state index is 5.50. The van der Waals surface area contributed by atoms with Crippen molar-refractivity contribution in [3.05, 3.63) is 24.2 Å². The van der Waals surface area contributed by atoms with Gasteiger partial charge in [-0.05, 0) is 49.3 Å². The molecule has 0 aliphatic carbocycles. The molecule has 3 nitrogen and oxygen atoms in total. The van der Waals surface area contributed by atoms with Crippen LogP contribution < -0.4 is 5.32 Å². The predicted octanol–water partition coefficient (Wildman–Crippen LogP) is 2.62. The van der Waals surface area contributed by atoms with Crippen molar-refractivity contribution in [1.29, 1.82) is 0 Å². The van der Waals surface area contributed by atoms with E-state index in [1.807, 2.05) is 6.26 Å². The summed E-state index contributed by atoms with van der Waals surface area (Å²) in [5.41, 5.74) is 1.67. The van der Waals surface area contributed by atoms with E-state index in [2.05, 4.69) is 18.3 Å². The van der Waals surface area contributed by atoms with E-state index in [-0.39, 0.29) is 0 Å². The molecular weight excluding hydrogens is 214 g/mol. The summed E-state index contributed by atoms with van der Waals surface area (Å²) in [6.07, 6.45) is 8.23. The van der Waals surface area contributed by atoms with E-state index in [1.165, 1.54) is 12.0 Å². The molecule has 0 atom stereocenters. The minimum atomic E-state index is 0.358. The molecule has 1 N–H and O–H groups in total. The third-order valence-electron chi connectivity index (χ3n) is 3.64. The van der Waals surface area contributed by atoms with E-state index in [0.717, 1.165) is 45.6 Å². The van der Waals surface area contributed by atoms with Crippen LogP contribution in [-0.4, -0.2) is 26.3 Å². The first-order chi connectivity index (χ1) is 8.35. The maximum atomic E-state index is 5.50. The van der Waals surface area contributed by atoms with Crippen molar-refractivity contribution in [1.82, 2.24) is 5.32 Å². The van der Waals surface area contributed by atoms with Crippen molar-refractivity contribution in [3.8, 4) is 0 Å². The van der Waals surface area contributed by atoms with Crippen molar-refractivity contribution in [2.24, 2.45) is 5.41 Å². The molecule has 96 valence electrons. The lowest BCUT2D eigenvalue weighted by atomic mass is 9.75. The first kappa shape index (κ1) is 12.7. The smallest absolute Gasteiger partial charge is 0.0934 e. The van der Waals surface area contributed by atoms with Crippen LogP contribution in [0.1, 0.15) is 31.7 Å². The fraction of sp³-hybridized carbons (Fsp3) is 0.714. The number of furan rings is 1. The molecule has 0 unspecified atom stereocenters. The highest BCUT2D eigenvalue weighted by Gasteiger charge is 2.32. The van der Waals surface area contributed by atoms with E-state index in [4.69, 9.17) is 9.15 Å². The van der Waals surface area contributed by atoms with Gasteiger partial charge in [-0.25, -0.2) is 0 Å². The topological polar surface area (TPSA) is 34.4 Å². The molecular formula is C14H23NO2. The van der Waals surface area contributed by atoms with Crippen LogP contribution in [0.15, 0.2) is 23.0 Å². The Bertz CT molecular complexity index is 302. The van der Waals surface area contributed by atoms with E-state index >= 15 is 0 Å². The largest absolute Gasteiger partial charge is 0.472 e. The van der Waals surface area contributed by atoms with Crippen LogP contribution in [0, 0.1) is 5.41 Å². The quantitative estimate of drug-likeness (QED) is 0.772. The summed E-state index contributed by atoms with van der Waals surface area (Å²) in [7, 11) is 0.